The molecular formula is C20H27N5O2. The highest BCUT2D eigenvalue weighted by molar-refractivity contribution is 5.94. The van der Waals surface area contributed by atoms with E-state index in [1.807, 2.05) is 35.1 Å². The number of aryl methyl sites for hydroxylation is 2. The van der Waals surface area contributed by atoms with Gasteiger partial charge in [0.2, 0.25) is 5.91 Å². The molecule has 2 aliphatic heterocycles. The number of amides is 2. The van der Waals surface area contributed by atoms with Gasteiger partial charge in [-0.15, -0.1) is 0 Å². The van der Waals surface area contributed by atoms with Crippen molar-refractivity contribution in [3.8, 4) is 0 Å². The molecule has 4 heterocycles. The molecule has 0 saturated carbocycles. The van der Waals surface area contributed by atoms with E-state index in [4.69, 9.17) is 0 Å². The van der Waals surface area contributed by atoms with E-state index in [1.54, 1.807) is 6.20 Å². The highest BCUT2D eigenvalue weighted by Crippen LogP contribution is 2.32. The van der Waals surface area contributed by atoms with Crippen LogP contribution in [-0.4, -0.2) is 63.0 Å². The fraction of sp³-hybridized carbons (Fsp3) is 0.550. The summed E-state index contributed by atoms with van der Waals surface area (Å²) in [6, 6.07) is 3.84. The van der Waals surface area contributed by atoms with E-state index in [-0.39, 0.29) is 11.8 Å². The van der Waals surface area contributed by atoms with E-state index in [1.165, 1.54) is 0 Å². The van der Waals surface area contributed by atoms with Crippen LogP contribution in [0.2, 0.25) is 0 Å². The predicted octanol–water partition coefficient (Wildman–Crippen LogP) is 1.99. The van der Waals surface area contributed by atoms with E-state index in [0.29, 0.717) is 30.4 Å². The second kappa shape index (κ2) is 7.58. The second-order valence-electron chi connectivity index (χ2n) is 7.83. The van der Waals surface area contributed by atoms with Crippen LogP contribution >= 0.6 is 0 Å². The van der Waals surface area contributed by atoms with E-state index in [0.717, 1.165) is 50.3 Å². The fourth-order valence-electron chi connectivity index (χ4n) is 4.26. The maximum Gasteiger partial charge on any atom is 0.270 e. The Kier molecular flexibility index (Phi) is 5.01. The lowest BCUT2D eigenvalue weighted by atomic mass is 9.80. The van der Waals surface area contributed by atoms with Crippen molar-refractivity contribution in [2.45, 2.75) is 32.6 Å². The maximum atomic E-state index is 12.6. The number of aromatic nitrogens is 3. The molecule has 0 aromatic carbocycles. The molecule has 2 aromatic rings. The van der Waals surface area contributed by atoms with Gasteiger partial charge in [-0.3, -0.25) is 14.7 Å². The molecule has 2 aromatic heterocycles. The minimum atomic E-state index is 0.0945. The third kappa shape index (κ3) is 3.77. The number of H-pyrrole nitrogens is 2. The van der Waals surface area contributed by atoms with Gasteiger partial charge in [-0.1, -0.05) is 0 Å². The smallest absolute Gasteiger partial charge is 0.270 e. The average Bonchev–Trinajstić information content (AvgIpc) is 3.30. The lowest BCUT2D eigenvalue weighted by Gasteiger charge is -2.46. The van der Waals surface area contributed by atoms with E-state index < -0.39 is 0 Å². The first-order valence-corrected chi connectivity index (χ1v) is 9.81. The number of carbonyl (C=O) groups is 2. The molecule has 1 atom stereocenters. The monoisotopic (exact) mass is 369 g/mol. The molecule has 0 radical (unpaired) electrons. The molecule has 1 unspecified atom stereocenters. The Morgan fingerprint density at radius 2 is 2.00 bits per heavy atom. The Balaban J connectivity index is 1.26. The average molecular weight is 369 g/mol. The largest absolute Gasteiger partial charge is 0.357 e. The number of nitrogens with one attached hydrogen (secondary N) is 2. The number of rotatable bonds is 5. The van der Waals surface area contributed by atoms with Crippen LogP contribution in [0.3, 0.4) is 0 Å². The van der Waals surface area contributed by atoms with Gasteiger partial charge >= 0.3 is 0 Å². The third-order valence-electron chi connectivity index (χ3n) is 6.01. The zero-order chi connectivity index (χ0) is 18.8. The zero-order valence-corrected chi connectivity index (χ0v) is 15.8. The summed E-state index contributed by atoms with van der Waals surface area (Å²) in [4.78, 5) is 32.1. The molecule has 7 heteroatoms. The van der Waals surface area contributed by atoms with Gasteiger partial charge in [-0.2, -0.15) is 5.10 Å². The molecule has 2 saturated heterocycles. The summed E-state index contributed by atoms with van der Waals surface area (Å²) in [7, 11) is 0. The predicted molar refractivity (Wildman–Crippen MR) is 101 cm³/mol. The van der Waals surface area contributed by atoms with E-state index in [2.05, 4.69) is 15.2 Å². The summed E-state index contributed by atoms with van der Waals surface area (Å²) < 4.78 is 0. The maximum absolute atomic E-state index is 12.6. The minimum Gasteiger partial charge on any atom is -0.357 e. The number of aromatic amines is 2. The first-order valence-electron chi connectivity index (χ1n) is 9.81. The molecule has 0 spiro atoms. The summed E-state index contributed by atoms with van der Waals surface area (Å²) in [5, 5.41) is 6.84. The van der Waals surface area contributed by atoms with Crippen molar-refractivity contribution in [3.05, 3.63) is 41.5 Å². The molecule has 27 heavy (non-hydrogen) atoms. The van der Waals surface area contributed by atoms with Gasteiger partial charge in [-0.25, -0.2) is 0 Å². The molecule has 2 amide bonds. The van der Waals surface area contributed by atoms with Gasteiger partial charge in [0.25, 0.3) is 5.91 Å². The van der Waals surface area contributed by atoms with Gasteiger partial charge < -0.3 is 14.8 Å². The lowest BCUT2D eigenvalue weighted by Crippen LogP contribution is -2.56. The zero-order valence-electron chi connectivity index (χ0n) is 15.8. The normalized spacial score (nSPS) is 20.6. The van der Waals surface area contributed by atoms with Crippen molar-refractivity contribution in [1.82, 2.24) is 25.0 Å². The number of likely N-dealkylation sites (tertiary alicyclic amines) is 2. The van der Waals surface area contributed by atoms with Crippen molar-refractivity contribution in [2.75, 3.05) is 26.2 Å². The van der Waals surface area contributed by atoms with Gasteiger partial charge in [0.15, 0.2) is 0 Å². The van der Waals surface area contributed by atoms with Crippen molar-refractivity contribution in [3.63, 3.8) is 0 Å². The van der Waals surface area contributed by atoms with Gasteiger partial charge in [-0.05, 0) is 55.7 Å². The molecule has 144 valence electrons. The molecule has 4 rings (SSSR count). The van der Waals surface area contributed by atoms with Crippen LogP contribution in [0.15, 0.2) is 24.5 Å². The molecule has 2 N–H and O–H groups in total. The molecule has 2 aliphatic rings. The van der Waals surface area contributed by atoms with Crippen LogP contribution in [0.5, 0.6) is 0 Å². The summed E-state index contributed by atoms with van der Waals surface area (Å²) in [5.74, 6) is 1.33. The molecule has 0 bridgehead atoms. The Bertz CT molecular complexity index is 791. The molecule has 2 fully saturated rings. The number of hydrogen-bond acceptors (Lipinski definition) is 3. The standard InChI is InChI=1S/C20H27N5O2/c1-14-6-8-21-19(14)20(27)25-12-16(13-25)15-3-2-10-24(11-15)18(26)5-4-17-7-9-22-23-17/h6-9,15-16,21H,2-5,10-13H2,1H3,(H,22,23). The summed E-state index contributed by atoms with van der Waals surface area (Å²) in [6.07, 6.45) is 6.97. The molecular weight excluding hydrogens is 342 g/mol. The lowest BCUT2D eigenvalue weighted by molar-refractivity contribution is -0.134. The van der Waals surface area contributed by atoms with Crippen molar-refractivity contribution in [2.24, 2.45) is 11.8 Å². The summed E-state index contributed by atoms with van der Waals surface area (Å²) >= 11 is 0. The fourth-order valence-corrected chi connectivity index (χ4v) is 4.26. The molecule has 7 nitrogen and oxygen atoms in total. The Morgan fingerprint density at radius 1 is 1.19 bits per heavy atom. The first-order chi connectivity index (χ1) is 13.1. The van der Waals surface area contributed by atoms with Crippen molar-refractivity contribution in [1.29, 1.82) is 0 Å². The quantitative estimate of drug-likeness (QED) is 0.845. The molecule has 0 aliphatic carbocycles. The van der Waals surface area contributed by atoms with Gasteiger partial charge in [0, 0.05) is 50.7 Å². The summed E-state index contributed by atoms with van der Waals surface area (Å²) in [5.41, 5.74) is 2.70. The van der Waals surface area contributed by atoms with Crippen LogP contribution in [0.25, 0.3) is 0 Å². The highest BCUT2D eigenvalue weighted by atomic mass is 16.2. The Labute approximate surface area is 159 Å². The van der Waals surface area contributed by atoms with E-state index >= 15 is 0 Å². The number of piperidine rings is 1. The number of carbonyl (C=O) groups excluding carboxylic acids is 2. The van der Waals surface area contributed by atoms with Crippen LogP contribution in [0, 0.1) is 18.8 Å². The van der Waals surface area contributed by atoms with Gasteiger partial charge in [0.1, 0.15) is 5.69 Å². The van der Waals surface area contributed by atoms with Crippen LogP contribution < -0.4 is 0 Å². The van der Waals surface area contributed by atoms with Gasteiger partial charge in [0.05, 0.1) is 0 Å². The van der Waals surface area contributed by atoms with Crippen LogP contribution in [-0.2, 0) is 11.2 Å². The second-order valence-corrected chi connectivity index (χ2v) is 7.83. The van der Waals surface area contributed by atoms with Crippen LogP contribution in [0.1, 0.15) is 41.0 Å². The number of nitrogens with zero attached hydrogens (tertiary/aromatic N) is 3. The minimum absolute atomic E-state index is 0.0945. The first kappa shape index (κ1) is 17.8. The highest BCUT2D eigenvalue weighted by Gasteiger charge is 2.39. The topological polar surface area (TPSA) is 85.1 Å². The Hall–Kier alpha value is -2.57. The summed E-state index contributed by atoms with van der Waals surface area (Å²) in [6.45, 7) is 5.25. The van der Waals surface area contributed by atoms with Crippen molar-refractivity contribution >= 4 is 11.8 Å². The number of hydrogen-bond donors (Lipinski definition) is 2. The van der Waals surface area contributed by atoms with Crippen molar-refractivity contribution < 1.29 is 9.59 Å². The van der Waals surface area contributed by atoms with Crippen LogP contribution in [0.4, 0.5) is 0 Å². The Morgan fingerprint density at radius 3 is 2.70 bits per heavy atom. The van der Waals surface area contributed by atoms with E-state index in [9.17, 15) is 9.59 Å². The SMILES string of the molecule is Cc1cc[nH]c1C(=O)N1CC(C2CCCN(C(=O)CCc3ccn[nH]3)C2)C1. The third-order valence-corrected chi connectivity index (χ3v) is 6.01.